The summed E-state index contributed by atoms with van der Waals surface area (Å²) in [7, 11) is 0. The lowest BCUT2D eigenvalue weighted by Gasteiger charge is -2.26. The predicted octanol–water partition coefficient (Wildman–Crippen LogP) is 2.67. The molecule has 21 heavy (non-hydrogen) atoms. The molecule has 0 aromatic heterocycles. The number of carbonyl (C=O) groups excluding carboxylic acids is 1. The van der Waals surface area contributed by atoms with Crippen molar-refractivity contribution in [3.63, 3.8) is 0 Å². The van der Waals surface area contributed by atoms with Gasteiger partial charge in [-0.1, -0.05) is 18.9 Å². The van der Waals surface area contributed by atoms with E-state index in [0.29, 0.717) is 6.42 Å². The number of anilines is 1. The molecule has 1 amide bonds. The molecule has 0 radical (unpaired) electrons. The minimum Gasteiger partial charge on any atom is -0.399 e. The van der Waals surface area contributed by atoms with Crippen LogP contribution in [0.5, 0.6) is 0 Å². The van der Waals surface area contributed by atoms with E-state index in [4.69, 9.17) is 11.5 Å². The first-order valence-corrected chi connectivity index (χ1v) is 8.08. The number of hydrogen-bond acceptors (Lipinski definition) is 3. The van der Waals surface area contributed by atoms with Crippen LogP contribution in [0.1, 0.15) is 62.1 Å². The molecule has 0 spiro atoms. The molecule has 116 valence electrons. The average molecular weight is 289 g/mol. The van der Waals surface area contributed by atoms with Gasteiger partial charge in [-0.25, -0.2) is 0 Å². The maximum atomic E-state index is 12.1. The number of nitrogen functional groups attached to an aromatic ring is 1. The largest absolute Gasteiger partial charge is 0.399 e. The normalized spacial score (nSPS) is 17.3. The van der Waals surface area contributed by atoms with Gasteiger partial charge in [-0.2, -0.15) is 0 Å². The van der Waals surface area contributed by atoms with Gasteiger partial charge in [0.25, 0.3) is 0 Å². The highest BCUT2D eigenvalue weighted by Crippen LogP contribution is 2.31. The number of rotatable bonds is 7. The van der Waals surface area contributed by atoms with Crippen LogP contribution < -0.4 is 16.8 Å². The minimum absolute atomic E-state index is 0.158. The van der Waals surface area contributed by atoms with Gasteiger partial charge in [0.1, 0.15) is 0 Å². The summed E-state index contributed by atoms with van der Waals surface area (Å²) in [4.78, 5) is 12.1. The SMILES string of the molecule is NCCCCCCC(=O)NC1CCCc2cc(N)ccc21. The van der Waals surface area contributed by atoms with Gasteiger partial charge in [-0.3, -0.25) is 4.79 Å². The molecule has 0 bridgehead atoms. The van der Waals surface area contributed by atoms with E-state index < -0.39 is 0 Å². The molecule has 0 saturated heterocycles. The number of fused-ring (bicyclic) bond motifs is 1. The third kappa shape index (κ3) is 4.74. The fourth-order valence-electron chi connectivity index (χ4n) is 3.03. The number of amides is 1. The number of nitrogens with two attached hydrogens (primary N) is 2. The van der Waals surface area contributed by atoms with Crippen molar-refractivity contribution in [2.45, 2.75) is 57.4 Å². The Morgan fingerprint density at radius 2 is 2.05 bits per heavy atom. The van der Waals surface area contributed by atoms with Crippen LogP contribution in [0.3, 0.4) is 0 Å². The number of unbranched alkanes of at least 4 members (excludes halogenated alkanes) is 3. The lowest BCUT2D eigenvalue weighted by Crippen LogP contribution is -2.30. The van der Waals surface area contributed by atoms with Crippen molar-refractivity contribution in [2.75, 3.05) is 12.3 Å². The van der Waals surface area contributed by atoms with Gasteiger partial charge >= 0.3 is 0 Å². The third-order valence-corrected chi connectivity index (χ3v) is 4.17. The average Bonchev–Trinajstić information content (AvgIpc) is 2.47. The Bertz CT molecular complexity index is 473. The molecule has 1 unspecified atom stereocenters. The van der Waals surface area contributed by atoms with E-state index in [1.54, 1.807) is 0 Å². The van der Waals surface area contributed by atoms with Crippen LogP contribution in [0.15, 0.2) is 18.2 Å². The Balaban J connectivity index is 1.82. The van der Waals surface area contributed by atoms with Crippen molar-refractivity contribution < 1.29 is 4.79 Å². The van der Waals surface area contributed by atoms with Crippen molar-refractivity contribution in [1.29, 1.82) is 0 Å². The molecule has 4 heteroatoms. The number of nitrogens with one attached hydrogen (secondary N) is 1. The van der Waals surface area contributed by atoms with Crippen LogP contribution in [-0.2, 0) is 11.2 Å². The van der Waals surface area contributed by atoms with Gasteiger partial charge in [0.05, 0.1) is 6.04 Å². The first-order chi connectivity index (χ1) is 10.2. The quantitative estimate of drug-likeness (QED) is 0.533. The summed E-state index contributed by atoms with van der Waals surface area (Å²) in [6, 6.07) is 6.19. The van der Waals surface area contributed by atoms with Crippen molar-refractivity contribution in [2.24, 2.45) is 5.73 Å². The highest BCUT2D eigenvalue weighted by atomic mass is 16.1. The molecule has 0 aliphatic heterocycles. The summed E-state index contributed by atoms with van der Waals surface area (Å²) >= 11 is 0. The Labute approximate surface area is 127 Å². The standard InChI is InChI=1S/C17H27N3O/c18-11-4-2-1-3-8-17(21)20-16-7-5-6-13-12-14(19)9-10-15(13)16/h9-10,12,16H,1-8,11,18-19H2,(H,20,21). The van der Waals surface area contributed by atoms with E-state index in [9.17, 15) is 4.79 Å². The minimum atomic E-state index is 0.158. The number of benzene rings is 1. The summed E-state index contributed by atoms with van der Waals surface area (Å²) < 4.78 is 0. The second-order valence-electron chi connectivity index (χ2n) is 5.92. The molecule has 1 aliphatic rings. The molecule has 1 atom stereocenters. The Hall–Kier alpha value is -1.55. The van der Waals surface area contributed by atoms with Crippen LogP contribution in [0.25, 0.3) is 0 Å². The molecular formula is C17H27N3O. The summed E-state index contributed by atoms with van der Waals surface area (Å²) in [6.45, 7) is 0.744. The smallest absolute Gasteiger partial charge is 0.220 e. The Morgan fingerprint density at radius 3 is 2.86 bits per heavy atom. The first kappa shape index (κ1) is 15.8. The zero-order valence-corrected chi connectivity index (χ0v) is 12.7. The summed E-state index contributed by atoms with van der Waals surface area (Å²) in [6.07, 6.45) is 8.02. The monoisotopic (exact) mass is 289 g/mol. The fraction of sp³-hybridized carbons (Fsp3) is 0.588. The maximum absolute atomic E-state index is 12.1. The van der Waals surface area contributed by atoms with Crippen molar-refractivity contribution in [3.05, 3.63) is 29.3 Å². The number of carbonyl (C=O) groups is 1. The maximum Gasteiger partial charge on any atom is 0.220 e. The van der Waals surface area contributed by atoms with Crippen molar-refractivity contribution in [3.8, 4) is 0 Å². The molecule has 0 saturated carbocycles. The van der Waals surface area contributed by atoms with Crippen LogP contribution in [0, 0.1) is 0 Å². The zero-order valence-electron chi connectivity index (χ0n) is 12.7. The third-order valence-electron chi connectivity index (χ3n) is 4.17. The topological polar surface area (TPSA) is 81.1 Å². The lowest BCUT2D eigenvalue weighted by atomic mass is 9.87. The first-order valence-electron chi connectivity index (χ1n) is 8.08. The van der Waals surface area contributed by atoms with Gasteiger partial charge in [-0.05, 0) is 61.9 Å². The molecule has 1 aromatic carbocycles. The molecule has 0 fully saturated rings. The molecule has 0 heterocycles. The van der Waals surface area contributed by atoms with Crippen LogP contribution in [-0.4, -0.2) is 12.5 Å². The second-order valence-corrected chi connectivity index (χ2v) is 5.92. The van der Waals surface area contributed by atoms with Crippen molar-refractivity contribution in [1.82, 2.24) is 5.32 Å². The lowest BCUT2D eigenvalue weighted by molar-refractivity contribution is -0.122. The highest BCUT2D eigenvalue weighted by Gasteiger charge is 2.21. The van der Waals surface area contributed by atoms with Gasteiger partial charge in [0.15, 0.2) is 0 Å². The number of hydrogen-bond donors (Lipinski definition) is 3. The van der Waals surface area contributed by atoms with Gasteiger partial charge in [0.2, 0.25) is 5.91 Å². The zero-order chi connectivity index (χ0) is 15.1. The van der Waals surface area contributed by atoms with Crippen LogP contribution in [0.2, 0.25) is 0 Å². The van der Waals surface area contributed by atoms with Gasteiger partial charge in [0, 0.05) is 12.1 Å². The van der Waals surface area contributed by atoms with E-state index in [-0.39, 0.29) is 11.9 Å². The van der Waals surface area contributed by atoms with E-state index in [1.165, 1.54) is 11.1 Å². The fourth-order valence-corrected chi connectivity index (χ4v) is 3.03. The Morgan fingerprint density at radius 1 is 1.24 bits per heavy atom. The van der Waals surface area contributed by atoms with E-state index in [2.05, 4.69) is 11.4 Å². The van der Waals surface area contributed by atoms with Crippen LogP contribution in [0.4, 0.5) is 5.69 Å². The Kier molecular flexibility index (Phi) is 6.05. The molecule has 1 aliphatic carbocycles. The predicted molar refractivity (Wildman–Crippen MR) is 86.8 cm³/mol. The molecular weight excluding hydrogens is 262 g/mol. The van der Waals surface area contributed by atoms with E-state index in [1.807, 2.05) is 12.1 Å². The van der Waals surface area contributed by atoms with E-state index >= 15 is 0 Å². The van der Waals surface area contributed by atoms with Crippen molar-refractivity contribution >= 4 is 11.6 Å². The molecule has 5 N–H and O–H groups in total. The van der Waals surface area contributed by atoms with Gasteiger partial charge < -0.3 is 16.8 Å². The highest BCUT2D eigenvalue weighted by molar-refractivity contribution is 5.76. The number of aryl methyl sites for hydroxylation is 1. The van der Waals surface area contributed by atoms with E-state index in [0.717, 1.165) is 57.2 Å². The summed E-state index contributed by atoms with van der Waals surface area (Å²) in [5.74, 6) is 0.164. The molecule has 2 rings (SSSR count). The molecule has 4 nitrogen and oxygen atoms in total. The van der Waals surface area contributed by atoms with Gasteiger partial charge in [-0.15, -0.1) is 0 Å². The summed E-state index contributed by atoms with van der Waals surface area (Å²) in [5, 5.41) is 3.18. The molecule has 1 aromatic rings. The second kappa shape index (κ2) is 8.03. The van der Waals surface area contributed by atoms with Crippen LogP contribution >= 0.6 is 0 Å². The summed E-state index contributed by atoms with van der Waals surface area (Å²) in [5.41, 5.74) is 14.6.